The van der Waals surface area contributed by atoms with E-state index in [9.17, 15) is 8.42 Å². The second-order valence-corrected chi connectivity index (χ2v) is 6.00. The molecule has 100 valence electrons. The largest absolute Gasteiger partial charge is 0.495 e. The van der Waals surface area contributed by atoms with E-state index in [4.69, 9.17) is 4.74 Å². The molecule has 5 nitrogen and oxygen atoms in total. The number of rotatable bonds is 6. The number of nitrogens with one attached hydrogen (secondary N) is 2. The minimum absolute atomic E-state index is 0.111. The van der Waals surface area contributed by atoms with E-state index in [1.807, 2.05) is 6.92 Å². The Morgan fingerprint density at radius 3 is 2.67 bits per heavy atom. The molecule has 1 aromatic carbocycles. The normalized spacial score (nSPS) is 15.4. The van der Waals surface area contributed by atoms with Crippen LogP contribution in [0, 0.1) is 0 Å². The van der Waals surface area contributed by atoms with Gasteiger partial charge in [-0.1, -0.05) is 0 Å². The van der Waals surface area contributed by atoms with Crippen LogP contribution in [-0.2, 0) is 10.0 Å². The van der Waals surface area contributed by atoms with Crippen LogP contribution in [0.2, 0.25) is 0 Å². The monoisotopic (exact) mass is 270 g/mol. The summed E-state index contributed by atoms with van der Waals surface area (Å²) in [6.07, 6.45) is 1.85. The van der Waals surface area contributed by atoms with Gasteiger partial charge in [0.25, 0.3) is 0 Å². The molecule has 0 amide bonds. The zero-order valence-corrected chi connectivity index (χ0v) is 11.4. The molecule has 0 aromatic heterocycles. The molecule has 1 aromatic rings. The van der Waals surface area contributed by atoms with Crippen LogP contribution in [0.1, 0.15) is 19.8 Å². The van der Waals surface area contributed by atoms with Crippen molar-refractivity contribution in [3.8, 4) is 5.75 Å². The van der Waals surface area contributed by atoms with Gasteiger partial charge in [0.05, 0.1) is 17.7 Å². The van der Waals surface area contributed by atoms with Crippen molar-refractivity contribution in [3.05, 3.63) is 18.2 Å². The Bertz CT molecular complexity index is 524. The van der Waals surface area contributed by atoms with E-state index in [1.165, 1.54) is 0 Å². The molecule has 1 fully saturated rings. The Labute approximate surface area is 108 Å². The quantitative estimate of drug-likeness (QED) is 0.823. The van der Waals surface area contributed by atoms with Crippen LogP contribution in [0.4, 0.5) is 5.69 Å². The van der Waals surface area contributed by atoms with Crippen molar-refractivity contribution in [1.82, 2.24) is 4.72 Å². The van der Waals surface area contributed by atoms with Crippen molar-refractivity contribution in [3.63, 3.8) is 0 Å². The first-order chi connectivity index (χ1) is 8.56. The Balaban J connectivity index is 2.29. The summed E-state index contributed by atoms with van der Waals surface area (Å²) in [6.45, 7) is 2.65. The zero-order valence-electron chi connectivity index (χ0n) is 10.6. The molecule has 0 spiro atoms. The number of benzene rings is 1. The molecule has 2 N–H and O–H groups in total. The standard InChI is InChI=1S/C12H18N2O3S/c1-3-13-11-8-10(6-7-12(11)17-2)18(15,16)14-9-4-5-9/h6-9,13-14H,3-5H2,1-2H3. The molecule has 0 saturated heterocycles. The molecule has 0 aliphatic heterocycles. The summed E-state index contributed by atoms with van der Waals surface area (Å²) in [7, 11) is -1.85. The Kier molecular flexibility index (Phi) is 3.77. The molecule has 1 saturated carbocycles. The third-order valence-electron chi connectivity index (χ3n) is 2.75. The second-order valence-electron chi connectivity index (χ2n) is 4.29. The summed E-state index contributed by atoms with van der Waals surface area (Å²) in [5.74, 6) is 0.641. The summed E-state index contributed by atoms with van der Waals surface area (Å²) in [5, 5.41) is 3.09. The molecule has 1 aliphatic carbocycles. The van der Waals surface area contributed by atoms with Gasteiger partial charge in [-0.3, -0.25) is 0 Å². The minimum Gasteiger partial charge on any atom is -0.495 e. The topological polar surface area (TPSA) is 67.4 Å². The average Bonchev–Trinajstić information content (AvgIpc) is 3.12. The van der Waals surface area contributed by atoms with Crippen molar-refractivity contribution in [2.75, 3.05) is 19.0 Å². The Morgan fingerprint density at radius 1 is 1.39 bits per heavy atom. The summed E-state index contributed by atoms with van der Waals surface area (Å²) in [5.41, 5.74) is 0.693. The van der Waals surface area contributed by atoms with Crippen LogP contribution < -0.4 is 14.8 Å². The fraction of sp³-hybridized carbons (Fsp3) is 0.500. The van der Waals surface area contributed by atoms with E-state index in [0.717, 1.165) is 12.8 Å². The number of hydrogen-bond acceptors (Lipinski definition) is 4. The molecule has 0 heterocycles. The van der Waals surface area contributed by atoms with Crippen LogP contribution >= 0.6 is 0 Å². The van der Waals surface area contributed by atoms with E-state index < -0.39 is 10.0 Å². The van der Waals surface area contributed by atoms with Gasteiger partial charge in [-0.05, 0) is 38.0 Å². The lowest BCUT2D eigenvalue weighted by Crippen LogP contribution is -2.25. The van der Waals surface area contributed by atoms with Gasteiger partial charge in [-0.2, -0.15) is 0 Å². The lowest BCUT2D eigenvalue weighted by molar-refractivity contribution is 0.416. The van der Waals surface area contributed by atoms with Crippen LogP contribution in [0.15, 0.2) is 23.1 Å². The fourth-order valence-electron chi connectivity index (χ4n) is 1.67. The van der Waals surface area contributed by atoms with Gasteiger partial charge in [0.2, 0.25) is 10.0 Å². The molecule has 6 heteroatoms. The van der Waals surface area contributed by atoms with Crippen LogP contribution in [-0.4, -0.2) is 28.1 Å². The molecule has 0 bridgehead atoms. The maximum absolute atomic E-state index is 12.1. The predicted octanol–water partition coefficient (Wildman–Crippen LogP) is 1.57. The number of hydrogen-bond donors (Lipinski definition) is 2. The third-order valence-corrected chi connectivity index (χ3v) is 4.27. The van der Waals surface area contributed by atoms with Gasteiger partial charge in [0.15, 0.2) is 0 Å². The molecular formula is C12H18N2O3S. The highest BCUT2D eigenvalue weighted by Crippen LogP contribution is 2.28. The highest BCUT2D eigenvalue weighted by atomic mass is 32.2. The number of anilines is 1. The second kappa shape index (κ2) is 5.16. The summed E-state index contributed by atoms with van der Waals surface area (Å²) in [4.78, 5) is 0.270. The van der Waals surface area contributed by atoms with Crippen molar-refractivity contribution >= 4 is 15.7 Å². The van der Waals surface area contributed by atoms with Gasteiger partial charge < -0.3 is 10.1 Å². The van der Waals surface area contributed by atoms with Crippen LogP contribution in [0.25, 0.3) is 0 Å². The maximum Gasteiger partial charge on any atom is 0.240 e. The van der Waals surface area contributed by atoms with Gasteiger partial charge in [-0.15, -0.1) is 0 Å². The fourth-order valence-corrected chi connectivity index (χ4v) is 3.00. The van der Waals surface area contributed by atoms with Crippen molar-refractivity contribution in [1.29, 1.82) is 0 Å². The summed E-state index contributed by atoms with van der Waals surface area (Å²) in [6, 6.07) is 4.94. The zero-order chi connectivity index (χ0) is 13.2. The number of methoxy groups -OCH3 is 1. The van der Waals surface area contributed by atoms with E-state index in [-0.39, 0.29) is 10.9 Å². The molecule has 1 aliphatic rings. The van der Waals surface area contributed by atoms with Gasteiger partial charge in [0, 0.05) is 12.6 Å². The van der Waals surface area contributed by atoms with Crippen LogP contribution in [0.5, 0.6) is 5.75 Å². The van der Waals surface area contributed by atoms with Gasteiger partial charge >= 0.3 is 0 Å². The molecule has 18 heavy (non-hydrogen) atoms. The van der Waals surface area contributed by atoms with E-state index in [1.54, 1.807) is 25.3 Å². The maximum atomic E-state index is 12.1. The van der Waals surface area contributed by atoms with Crippen molar-refractivity contribution in [2.24, 2.45) is 0 Å². The predicted molar refractivity (Wildman–Crippen MR) is 70.5 cm³/mol. The lowest BCUT2D eigenvalue weighted by Gasteiger charge is -2.12. The van der Waals surface area contributed by atoms with Crippen LogP contribution in [0.3, 0.4) is 0 Å². The lowest BCUT2D eigenvalue weighted by atomic mass is 10.3. The van der Waals surface area contributed by atoms with E-state index in [2.05, 4.69) is 10.0 Å². The Morgan fingerprint density at radius 2 is 2.11 bits per heavy atom. The number of sulfonamides is 1. The average molecular weight is 270 g/mol. The summed E-state index contributed by atoms with van der Waals surface area (Å²) < 4.78 is 32.0. The van der Waals surface area contributed by atoms with Crippen molar-refractivity contribution < 1.29 is 13.2 Å². The molecule has 0 radical (unpaired) electrons. The molecule has 0 atom stereocenters. The SMILES string of the molecule is CCNc1cc(S(=O)(=O)NC2CC2)ccc1OC. The molecule has 2 rings (SSSR count). The molecule has 0 unspecified atom stereocenters. The smallest absolute Gasteiger partial charge is 0.240 e. The highest BCUT2D eigenvalue weighted by molar-refractivity contribution is 7.89. The Hall–Kier alpha value is -1.27. The third kappa shape index (κ3) is 2.94. The molecular weight excluding hydrogens is 252 g/mol. The van der Waals surface area contributed by atoms with Gasteiger partial charge in [0.1, 0.15) is 5.75 Å². The first kappa shape index (κ1) is 13.2. The van der Waals surface area contributed by atoms with Gasteiger partial charge in [-0.25, -0.2) is 13.1 Å². The highest BCUT2D eigenvalue weighted by Gasteiger charge is 2.28. The minimum atomic E-state index is -3.41. The first-order valence-corrected chi connectivity index (χ1v) is 7.49. The summed E-state index contributed by atoms with van der Waals surface area (Å²) >= 11 is 0. The first-order valence-electron chi connectivity index (χ1n) is 6.01. The van der Waals surface area contributed by atoms with Crippen molar-refractivity contribution in [2.45, 2.75) is 30.7 Å². The number of ether oxygens (including phenoxy) is 1. The van der Waals surface area contributed by atoms with E-state index >= 15 is 0 Å². The van der Waals surface area contributed by atoms with E-state index in [0.29, 0.717) is 18.0 Å².